The van der Waals surface area contributed by atoms with Gasteiger partial charge in [-0.25, -0.2) is 0 Å². The van der Waals surface area contributed by atoms with Gasteiger partial charge in [-0.15, -0.1) is 0 Å². The van der Waals surface area contributed by atoms with E-state index in [0.29, 0.717) is 11.3 Å². The summed E-state index contributed by atoms with van der Waals surface area (Å²) in [5.74, 6) is 0.647. The highest BCUT2D eigenvalue weighted by Crippen LogP contribution is 2.17. The van der Waals surface area contributed by atoms with Crippen molar-refractivity contribution < 1.29 is 9.53 Å². The average molecular weight is 250 g/mol. The quantitative estimate of drug-likeness (QED) is 0.788. The van der Waals surface area contributed by atoms with Crippen LogP contribution in [0.1, 0.15) is 45.0 Å². The largest absolute Gasteiger partial charge is 0.489 e. The average Bonchev–Trinajstić information content (AvgIpc) is 2.27. The Labute approximate surface area is 109 Å². The maximum absolute atomic E-state index is 12.3. The van der Waals surface area contributed by atoms with Crippen molar-refractivity contribution in [1.29, 1.82) is 0 Å². The lowest BCUT2D eigenvalue weighted by atomic mass is 9.94. The van der Waals surface area contributed by atoms with Crippen molar-refractivity contribution in [1.82, 2.24) is 10.3 Å². The van der Waals surface area contributed by atoms with Crippen molar-refractivity contribution in [3.63, 3.8) is 0 Å². The fourth-order valence-electron chi connectivity index (χ4n) is 1.76. The molecule has 1 N–H and O–H groups in total. The second-order valence-corrected chi connectivity index (χ2v) is 5.06. The highest BCUT2D eigenvalue weighted by Gasteiger charge is 2.27. The van der Waals surface area contributed by atoms with Crippen LogP contribution in [0.5, 0.6) is 5.75 Å². The van der Waals surface area contributed by atoms with Gasteiger partial charge in [0.2, 0.25) is 0 Å². The molecule has 0 aromatic carbocycles. The fourth-order valence-corrected chi connectivity index (χ4v) is 1.76. The van der Waals surface area contributed by atoms with E-state index in [1.54, 1.807) is 18.5 Å². The van der Waals surface area contributed by atoms with Gasteiger partial charge < -0.3 is 10.1 Å². The Morgan fingerprint density at radius 3 is 2.67 bits per heavy atom. The van der Waals surface area contributed by atoms with Crippen LogP contribution in [0.2, 0.25) is 0 Å². The topological polar surface area (TPSA) is 51.2 Å². The molecule has 1 aromatic heterocycles. The van der Waals surface area contributed by atoms with Crippen LogP contribution in [0.3, 0.4) is 0 Å². The minimum Gasteiger partial charge on any atom is -0.489 e. The van der Waals surface area contributed by atoms with Crippen LogP contribution in [0.25, 0.3) is 0 Å². The molecule has 1 heterocycles. The number of likely N-dealkylation sites (N-methyl/N-ethyl adjacent to an activating group) is 1. The van der Waals surface area contributed by atoms with E-state index in [0.717, 1.165) is 6.54 Å². The first-order valence-electron chi connectivity index (χ1n) is 6.28. The molecule has 0 aliphatic carbocycles. The third-order valence-corrected chi connectivity index (χ3v) is 2.53. The zero-order valence-corrected chi connectivity index (χ0v) is 11.8. The Morgan fingerprint density at radius 2 is 2.11 bits per heavy atom. The summed E-state index contributed by atoms with van der Waals surface area (Å²) in [6.07, 6.45) is 3.27. The van der Waals surface area contributed by atoms with Crippen LogP contribution in [0.15, 0.2) is 18.5 Å². The molecule has 18 heavy (non-hydrogen) atoms. The van der Waals surface area contributed by atoms with Gasteiger partial charge in [-0.1, -0.05) is 6.92 Å². The molecular weight excluding hydrogens is 228 g/mol. The molecule has 4 nitrogen and oxygen atoms in total. The molecule has 0 saturated heterocycles. The fraction of sp³-hybridized carbons (Fsp3) is 0.571. The zero-order valence-electron chi connectivity index (χ0n) is 11.8. The number of Topliss-reactive ketones (excluding diaryl/α,β-unsaturated/α-hetero) is 1. The summed E-state index contributed by atoms with van der Waals surface area (Å²) in [6.45, 7) is 10.3. The maximum atomic E-state index is 12.3. The highest BCUT2D eigenvalue weighted by atomic mass is 16.5. The van der Waals surface area contributed by atoms with Gasteiger partial charge in [-0.05, 0) is 40.3 Å². The third-order valence-electron chi connectivity index (χ3n) is 2.53. The Morgan fingerprint density at radius 1 is 1.44 bits per heavy atom. The minimum atomic E-state index is -0.590. The summed E-state index contributed by atoms with van der Waals surface area (Å²) >= 11 is 0. The summed E-state index contributed by atoms with van der Waals surface area (Å²) in [4.78, 5) is 16.4. The van der Waals surface area contributed by atoms with Gasteiger partial charge in [0.1, 0.15) is 5.75 Å². The molecule has 0 radical (unpaired) electrons. The van der Waals surface area contributed by atoms with Crippen molar-refractivity contribution in [2.24, 2.45) is 0 Å². The van der Waals surface area contributed by atoms with E-state index in [2.05, 4.69) is 10.3 Å². The Balaban J connectivity index is 2.92. The van der Waals surface area contributed by atoms with Gasteiger partial charge in [0.25, 0.3) is 0 Å². The molecule has 0 amide bonds. The molecule has 1 rings (SSSR count). The Kier molecular flexibility index (Phi) is 4.84. The lowest BCUT2D eigenvalue weighted by molar-refractivity contribution is 0.0883. The van der Waals surface area contributed by atoms with Gasteiger partial charge in [-0.2, -0.15) is 0 Å². The number of nitrogens with one attached hydrogen (secondary N) is 1. The zero-order chi connectivity index (χ0) is 13.8. The summed E-state index contributed by atoms with van der Waals surface area (Å²) < 4.78 is 5.54. The summed E-state index contributed by atoms with van der Waals surface area (Å²) in [7, 11) is 0. The monoisotopic (exact) mass is 250 g/mol. The molecule has 0 aliphatic rings. The number of rotatable bonds is 6. The van der Waals surface area contributed by atoms with Crippen LogP contribution in [0.4, 0.5) is 0 Å². The SMILES string of the molecule is CCNC(C)(C)C(=O)c1cncc(OC(C)C)c1. The number of carbonyl (C=O) groups excluding carboxylic acids is 1. The molecule has 100 valence electrons. The van der Waals surface area contributed by atoms with Gasteiger partial charge in [0, 0.05) is 11.8 Å². The van der Waals surface area contributed by atoms with Crippen molar-refractivity contribution in [2.45, 2.75) is 46.3 Å². The van der Waals surface area contributed by atoms with Crippen molar-refractivity contribution in [3.05, 3.63) is 24.0 Å². The standard InChI is InChI=1S/C14H22N2O2/c1-6-16-14(4,5)13(17)11-7-12(9-15-8-11)18-10(2)3/h7-10,16H,6H2,1-5H3. The van der Waals surface area contributed by atoms with E-state index in [1.165, 1.54) is 0 Å². The number of ketones is 1. The molecule has 1 aromatic rings. The van der Waals surface area contributed by atoms with Gasteiger partial charge >= 0.3 is 0 Å². The van der Waals surface area contributed by atoms with Crippen LogP contribution in [-0.4, -0.2) is 29.0 Å². The summed E-state index contributed by atoms with van der Waals surface area (Å²) in [5, 5.41) is 3.16. The number of aromatic nitrogens is 1. The number of hydrogen-bond acceptors (Lipinski definition) is 4. The number of carbonyl (C=O) groups is 1. The van der Waals surface area contributed by atoms with Crippen LogP contribution < -0.4 is 10.1 Å². The van der Waals surface area contributed by atoms with Gasteiger partial charge in [-0.3, -0.25) is 9.78 Å². The van der Waals surface area contributed by atoms with E-state index in [1.807, 2.05) is 34.6 Å². The predicted octanol–water partition coefficient (Wildman–Crippen LogP) is 2.44. The number of nitrogens with zero attached hydrogens (tertiary/aromatic N) is 1. The lowest BCUT2D eigenvalue weighted by Gasteiger charge is -2.24. The molecule has 0 fully saturated rings. The van der Waals surface area contributed by atoms with Crippen molar-refractivity contribution in [2.75, 3.05) is 6.54 Å². The molecule has 0 saturated carbocycles. The molecule has 0 atom stereocenters. The molecule has 0 unspecified atom stereocenters. The van der Waals surface area contributed by atoms with E-state index in [-0.39, 0.29) is 11.9 Å². The smallest absolute Gasteiger partial charge is 0.183 e. The number of hydrogen-bond donors (Lipinski definition) is 1. The first-order chi connectivity index (χ1) is 8.36. The van der Waals surface area contributed by atoms with Crippen molar-refractivity contribution in [3.8, 4) is 5.75 Å². The van der Waals surface area contributed by atoms with Crippen LogP contribution >= 0.6 is 0 Å². The van der Waals surface area contributed by atoms with E-state index < -0.39 is 5.54 Å². The summed E-state index contributed by atoms with van der Waals surface area (Å²) in [6, 6.07) is 1.74. The second-order valence-electron chi connectivity index (χ2n) is 5.06. The highest BCUT2D eigenvalue weighted by molar-refractivity contribution is 6.02. The first kappa shape index (κ1) is 14.6. The van der Waals surface area contributed by atoms with E-state index in [9.17, 15) is 4.79 Å². The van der Waals surface area contributed by atoms with Crippen LogP contribution in [0, 0.1) is 0 Å². The third kappa shape index (κ3) is 3.81. The van der Waals surface area contributed by atoms with Gasteiger partial charge in [0.15, 0.2) is 5.78 Å². The Hall–Kier alpha value is -1.42. The molecule has 4 heteroatoms. The maximum Gasteiger partial charge on any atom is 0.183 e. The second kappa shape index (κ2) is 5.96. The summed E-state index contributed by atoms with van der Waals surface area (Å²) in [5.41, 5.74) is -0.0218. The molecule has 0 spiro atoms. The predicted molar refractivity (Wildman–Crippen MR) is 72.1 cm³/mol. The van der Waals surface area contributed by atoms with Gasteiger partial charge in [0.05, 0.1) is 17.8 Å². The molecule has 0 aliphatic heterocycles. The van der Waals surface area contributed by atoms with Crippen LogP contribution in [-0.2, 0) is 0 Å². The first-order valence-corrected chi connectivity index (χ1v) is 6.28. The normalized spacial score (nSPS) is 11.7. The van der Waals surface area contributed by atoms with Crippen molar-refractivity contribution >= 4 is 5.78 Å². The van der Waals surface area contributed by atoms with E-state index >= 15 is 0 Å². The molecule has 0 bridgehead atoms. The number of ether oxygens (including phenoxy) is 1. The van der Waals surface area contributed by atoms with E-state index in [4.69, 9.17) is 4.74 Å². The minimum absolute atomic E-state index is 0.0195. The lowest BCUT2D eigenvalue weighted by Crippen LogP contribution is -2.46. The Bertz CT molecular complexity index is 414. The molecular formula is C14H22N2O2. The number of pyridine rings is 1.